The van der Waals surface area contributed by atoms with Crippen LogP contribution in [0.5, 0.6) is 0 Å². The Kier molecular flexibility index (Phi) is 9.00. The maximum atomic E-state index is 10.4. The molecule has 1 fully saturated rings. The van der Waals surface area contributed by atoms with E-state index in [2.05, 4.69) is 20.3 Å². The minimum atomic E-state index is -0.675. The second kappa shape index (κ2) is 11.0. The van der Waals surface area contributed by atoms with Crippen LogP contribution in [0.2, 0.25) is 5.02 Å². The summed E-state index contributed by atoms with van der Waals surface area (Å²) in [6.45, 7) is 5.12. The van der Waals surface area contributed by atoms with E-state index in [4.69, 9.17) is 16.3 Å². The first-order chi connectivity index (χ1) is 13.1. The number of nitrogens with zero attached hydrogens (tertiary/aromatic N) is 4. The highest BCUT2D eigenvalue weighted by Crippen LogP contribution is 2.22. The molecule has 1 saturated heterocycles. The topological polar surface area (TPSA) is 74.9 Å². The van der Waals surface area contributed by atoms with E-state index >= 15 is 0 Å². The molecule has 0 saturated carbocycles. The van der Waals surface area contributed by atoms with Gasteiger partial charge < -0.3 is 20.1 Å². The largest absolute Gasteiger partial charge is 0.386 e. The zero-order chi connectivity index (χ0) is 19.2. The van der Waals surface area contributed by atoms with Gasteiger partial charge in [-0.25, -0.2) is 0 Å². The van der Waals surface area contributed by atoms with Crippen LogP contribution in [0.1, 0.15) is 30.3 Å². The Hall–Kier alpha value is -1.36. The van der Waals surface area contributed by atoms with Gasteiger partial charge in [0.1, 0.15) is 6.10 Å². The molecule has 2 aromatic rings. The van der Waals surface area contributed by atoms with Crippen LogP contribution in [-0.4, -0.2) is 58.5 Å². The molecule has 7 nitrogen and oxygen atoms in total. The lowest BCUT2D eigenvalue weighted by atomic mass is 10.1. The van der Waals surface area contributed by atoms with E-state index in [1.165, 1.54) is 0 Å². The predicted octanol–water partition coefficient (Wildman–Crippen LogP) is 2.76. The van der Waals surface area contributed by atoms with Gasteiger partial charge in [-0.1, -0.05) is 23.7 Å². The number of aliphatic hydroxyl groups excluding tert-OH is 1. The Morgan fingerprint density at radius 2 is 2.18 bits per heavy atom. The van der Waals surface area contributed by atoms with E-state index in [9.17, 15) is 5.11 Å². The van der Waals surface area contributed by atoms with Crippen LogP contribution in [0.15, 0.2) is 41.7 Å². The van der Waals surface area contributed by atoms with Crippen molar-refractivity contribution in [3.05, 3.63) is 52.8 Å². The maximum absolute atomic E-state index is 10.4. The van der Waals surface area contributed by atoms with Crippen molar-refractivity contribution in [2.75, 3.05) is 32.8 Å². The van der Waals surface area contributed by atoms with Crippen LogP contribution in [-0.2, 0) is 11.8 Å². The Labute approximate surface area is 187 Å². The fourth-order valence-electron chi connectivity index (χ4n) is 3.04. The van der Waals surface area contributed by atoms with Crippen molar-refractivity contribution in [3.63, 3.8) is 0 Å². The van der Waals surface area contributed by atoms with Crippen molar-refractivity contribution >= 4 is 41.5 Å². The number of aromatic nitrogens is 2. The van der Waals surface area contributed by atoms with E-state index in [-0.39, 0.29) is 36.6 Å². The quantitative estimate of drug-likeness (QED) is 0.361. The van der Waals surface area contributed by atoms with Crippen molar-refractivity contribution in [2.45, 2.75) is 19.1 Å². The Morgan fingerprint density at radius 3 is 2.82 bits per heavy atom. The zero-order valence-corrected chi connectivity index (χ0v) is 19.2. The molecule has 0 bridgehead atoms. The molecule has 0 radical (unpaired) electrons. The second-order valence-corrected chi connectivity index (χ2v) is 6.95. The number of hydrogen-bond donors (Lipinski definition) is 2. The fraction of sp³-hybridized carbons (Fsp3) is 0.474. The molecule has 1 aromatic carbocycles. The van der Waals surface area contributed by atoms with Crippen molar-refractivity contribution in [1.82, 2.24) is 20.0 Å². The first-order valence-corrected chi connectivity index (χ1v) is 9.51. The summed E-state index contributed by atoms with van der Waals surface area (Å²) in [6, 6.07) is 7.19. The standard InChI is InChI=1S/C19H26ClN5O2.HI/c1-3-21-19(22-11-17(26)14-4-6-16(20)7-5-14)25-8-9-27-18(13-25)15-10-23-24(2)12-15;/h4-7,10,12,17-18,26H,3,8-9,11,13H2,1-2H3,(H,21,22);1H. The van der Waals surface area contributed by atoms with Crippen molar-refractivity contribution < 1.29 is 9.84 Å². The number of aliphatic imine (C=N–C) groups is 1. The molecule has 0 spiro atoms. The van der Waals surface area contributed by atoms with E-state index < -0.39 is 6.10 Å². The van der Waals surface area contributed by atoms with E-state index in [1.54, 1.807) is 16.8 Å². The molecule has 1 aliphatic rings. The SMILES string of the molecule is CCNC(=NCC(O)c1ccc(Cl)cc1)N1CCOC(c2cnn(C)c2)C1.I. The third-order valence-corrected chi connectivity index (χ3v) is 4.72. The molecule has 1 aromatic heterocycles. The molecule has 0 aliphatic carbocycles. The molecule has 9 heteroatoms. The summed E-state index contributed by atoms with van der Waals surface area (Å²) in [5, 5.41) is 18.6. The van der Waals surface area contributed by atoms with Crippen molar-refractivity contribution in [3.8, 4) is 0 Å². The molecule has 1 aliphatic heterocycles. The van der Waals surface area contributed by atoms with Gasteiger partial charge in [0, 0.05) is 36.9 Å². The second-order valence-electron chi connectivity index (χ2n) is 6.51. The van der Waals surface area contributed by atoms with Gasteiger partial charge in [0.15, 0.2) is 5.96 Å². The maximum Gasteiger partial charge on any atom is 0.194 e. The van der Waals surface area contributed by atoms with Crippen LogP contribution in [0.25, 0.3) is 0 Å². The Morgan fingerprint density at radius 1 is 1.43 bits per heavy atom. The molecule has 3 rings (SSSR count). The number of hydrogen-bond acceptors (Lipinski definition) is 4. The number of aryl methyl sites for hydroxylation is 1. The lowest BCUT2D eigenvalue weighted by molar-refractivity contribution is -0.00811. The van der Waals surface area contributed by atoms with Gasteiger partial charge >= 0.3 is 0 Å². The lowest BCUT2D eigenvalue weighted by Gasteiger charge is -2.35. The molecule has 154 valence electrons. The highest BCUT2D eigenvalue weighted by molar-refractivity contribution is 14.0. The number of benzene rings is 1. The first-order valence-electron chi connectivity index (χ1n) is 9.13. The predicted molar refractivity (Wildman–Crippen MR) is 121 cm³/mol. The number of guanidine groups is 1. The molecular formula is C19H27ClIN5O2. The highest BCUT2D eigenvalue weighted by Gasteiger charge is 2.25. The summed E-state index contributed by atoms with van der Waals surface area (Å²) in [6.07, 6.45) is 3.09. The third-order valence-electron chi connectivity index (χ3n) is 4.47. The van der Waals surface area contributed by atoms with E-state index in [0.717, 1.165) is 30.2 Å². The molecule has 2 N–H and O–H groups in total. The van der Waals surface area contributed by atoms with Crippen LogP contribution in [0.4, 0.5) is 0 Å². The van der Waals surface area contributed by atoms with E-state index in [1.807, 2.05) is 38.5 Å². The Bertz CT molecular complexity index is 768. The van der Waals surface area contributed by atoms with Crippen LogP contribution in [0.3, 0.4) is 0 Å². The summed E-state index contributed by atoms with van der Waals surface area (Å²) in [5.74, 6) is 0.780. The average Bonchev–Trinajstić information content (AvgIpc) is 3.12. The van der Waals surface area contributed by atoms with Gasteiger partial charge in [0.05, 0.1) is 32.0 Å². The molecule has 0 amide bonds. The normalized spacial score (nSPS) is 18.5. The van der Waals surface area contributed by atoms with Crippen LogP contribution >= 0.6 is 35.6 Å². The van der Waals surface area contributed by atoms with Gasteiger partial charge in [-0.15, -0.1) is 24.0 Å². The number of morpholine rings is 1. The van der Waals surface area contributed by atoms with Gasteiger partial charge in [-0.05, 0) is 24.6 Å². The average molecular weight is 520 g/mol. The number of nitrogens with one attached hydrogen (secondary N) is 1. The van der Waals surface area contributed by atoms with Crippen LogP contribution in [0, 0.1) is 0 Å². The first kappa shape index (κ1) is 22.9. The molecule has 2 heterocycles. The molecule has 28 heavy (non-hydrogen) atoms. The minimum Gasteiger partial charge on any atom is -0.386 e. The van der Waals surface area contributed by atoms with Gasteiger partial charge in [-0.2, -0.15) is 5.10 Å². The smallest absolute Gasteiger partial charge is 0.194 e. The lowest BCUT2D eigenvalue weighted by Crippen LogP contribution is -2.48. The molecule has 2 atom stereocenters. The summed E-state index contributed by atoms with van der Waals surface area (Å²) in [5.41, 5.74) is 1.86. The number of aliphatic hydroxyl groups is 1. The third kappa shape index (κ3) is 6.07. The zero-order valence-electron chi connectivity index (χ0n) is 16.1. The van der Waals surface area contributed by atoms with Gasteiger partial charge in [-0.3, -0.25) is 9.67 Å². The molecule has 2 unspecified atom stereocenters. The number of ether oxygens (including phenoxy) is 1. The molecular weight excluding hydrogens is 493 g/mol. The summed E-state index contributed by atoms with van der Waals surface area (Å²) in [7, 11) is 1.90. The summed E-state index contributed by atoms with van der Waals surface area (Å²) < 4.78 is 7.68. The van der Waals surface area contributed by atoms with Crippen molar-refractivity contribution in [1.29, 1.82) is 0 Å². The van der Waals surface area contributed by atoms with E-state index in [0.29, 0.717) is 18.2 Å². The number of halogens is 2. The Balaban J connectivity index is 0.00000280. The summed E-state index contributed by atoms with van der Waals surface area (Å²) in [4.78, 5) is 6.81. The van der Waals surface area contributed by atoms with Gasteiger partial charge in [0.2, 0.25) is 0 Å². The van der Waals surface area contributed by atoms with Gasteiger partial charge in [0.25, 0.3) is 0 Å². The minimum absolute atomic E-state index is 0. The monoisotopic (exact) mass is 519 g/mol. The number of rotatable bonds is 5. The highest BCUT2D eigenvalue weighted by atomic mass is 127. The summed E-state index contributed by atoms with van der Waals surface area (Å²) >= 11 is 5.91. The van der Waals surface area contributed by atoms with Crippen molar-refractivity contribution in [2.24, 2.45) is 12.0 Å². The fourth-order valence-corrected chi connectivity index (χ4v) is 3.16. The van der Waals surface area contributed by atoms with Crippen LogP contribution < -0.4 is 5.32 Å².